The summed E-state index contributed by atoms with van der Waals surface area (Å²) in [4.78, 5) is 4.67. The van der Waals surface area contributed by atoms with E-state index >= 15 is 0 Å². The first-order valence-electron chi connectivity index (χ1n) is 9.81. The van der Waals surface area contributed by atoms with Crippen molar-refractivity contribution in [2.75, 3.05) is 9.86 Å². The van der Waals surface area contributed by atoms with Crippen molar-refractivity contribution < 1.29 is 42.4 Å². The van der Waals surface area contributed by atoms with Crippen LogP contribution in [-0.4, -0.2) is 9.86 Å². The van der Waals surface area contributed by atoms with E-state index in [1.165, 1.54) is 36.5 Å². The Bertz CT molecular complexity index is 949. The van der Waals surface area contributed by atoms with Crippen molar-refractivity contribution in [1.29, 1.82) is 0 Å². The number of rotatable bonds is 6. The molecule has 0 spiro atoms. The van der Waals surface area contributed by atoms with E-state index in [9.17, 15) is 0 Å². The van der Waals surface area contributed by atoms with Gasteiger partial charge in [-0.3, -0.25) is 0 Å². The number of hydrogen-bond donors (Lipinski definition) is 0. The quantitative estimate of drug-likeness (QED) is 0.260. The molecule has 3 aromatic rings. The zero-order valence-electron chi connectivity index (χ0n) is 18.3. The predicted molar refractivity (Wildman–Crippen MR) is 138 cm³/mol. The molecule has 4 heteroatoms. The van der Waals surface area contributed by atoms with Crippen LogP contribution >= 0.6 is 45.2 Å². The van der Waals surface area contributed by atoms with E-state index in [1.807, 2.05) is 0 Å². The molecule has 0 bridgehead atoms. The molecule has 0 N–H and O–H groups in total. The van der Waals surface area contributed by atoms with Crippen molar-refractivity contribution in [3.8, 4) is 0 Å². The molecule has 0 saturated carbocycles. The van der Waals surface area contributed by atoms with Crippen LogP contribution in [0.2, 0.25) is 0 Å². The van der Waals surface area contributed by atoms with Gasteiger partial charge < -0.3 is 0 Å². The van der Waals surface area contributed by atoms with Gasteiger partial charge in [0.15, 0.2) is 0 Å². The molecule has 0 radical (unpaired) electrons. The van der Waals surface area contributed by atoms with Crippen molar-refractivity contribution in [2.45, 2.75) is 38.5 Å². The first-order valence-corrected chi connectivity index (χ1v) is 18.4. The maximum absolute atomic E-state index is 2.50. The zero-order chi connectivity index (χ0) is 22.1. The summed E-state index contributed by atoms with van der Waals surface area (Å²) in [6.45, 7) is 9.37. The Labute approximate surface area is 230 Å². The Balaban J connectivity index is 1.93. The molecule has 30 heavy (non-hydrogen) atoms. The van der Waals surface area contributed by atoms with Crippen molar-refractivity contribution in [2.24, 2.45) is 0 Å². The van der Waals surface area contributed by atoms with Crippen LogP contribution in [0.3, 0.4) is 0 Å². The summed E-state index contributed by atoms with van der Waals surface area (Å²) in [6, 6.07) is 23.5. The zero-order valence-corrected chi connectivity index (χ0v) is 26.9. The maximum atomic E-state index is 2.50. The summed E-state index contributed by atoms with van der Waals surface area (Å²) in [6.07, 6.45) is 0. The molecule has 0 amide bonds. The van der Waals surface area contributed by atoms with Crippen LogP contribution in [-0.2, 0) is 10.8 Å². The second-order valence-electron chi connectivity index (χ2n) is 8.46. The first kappa shape index (κ1) is 25.2. The summed E-state index contributed by atoms with van der Waals surface area (Å²) in [5, 5.41) is 0. The van der Waals surface area contributed by atoms with E-state index < -0.39 is 0 Å². The second-order valence-corrected chi connectivity index (χ2v) is 15.3. The molecule has 162 valence electrons. The summed E-state index contributed by atoms with van der Waals surface area (Å²) in [7, 11) is 0. The van der Waals surface area contributed by atoms with E-state index in [0.717, 1.165) is 0 Å². The van der Waals surface area contributed by atoms with E-state index in [2.05, 4.69) is 143 Å². The molecule has 0 atom stereocenters. The Morgan fingerprint density at radius 1 is 0.533 bits per heavy atom. The third-order valence-electron chi connectivity index (χ3n) is 6.02. The molecule has 0 nitrogen and oxygen atoms in total. The van der Waals surface area contributed by atoms with Crippen LogP contribution in [0.1, 0.15) is 49.9 Å². The molecular formula is C26H28I4-2. The van der Waals surface area contributed by atoms with Gasteiger partial charge in [0.1, 0.15) is 0 Å². The van der Waals surface area contributed by atoms with Crippen molar-refractivity contribution in [3.05, 3.63) is 97.2 Å². The number of benzene rings is 3. The molecular weight excluding hydrogens is 820 g/mol. The van der Waals surface area contributed by atoms with Crippen LogP contribution in [0, 0.1) is 14.3 Å². The van der Waals surface area contributed by atoms with Gasteiger partial charge in [-0.1, -0.05) is 0 Å². The molecule has 3 aromatic carbocycles. The number of alkyl halides is 2. The van der Waals surface area contributed by atoms with Crippen LogP contribution in [0.15, 0.2) is 60.7 Å². The SMILES string of the molecule is C[I-]c1ccc(C(C)(C)c2ccc(C(C)(C)c3ccc([I-]C)c(I)c3)cc2)cc1I. The molecule has 0 heterocycles. The van der Waals surface area contributed by atoms with Crippen LogP contribution in [0.25, 0.3) is 0 Å². The summed E-state index contributed by atoms with van der Waals surface area (Å²) in [5.74, 6) is 0. The summed E-state index contributed by atoms with van der Waals surface area (Å²) >= 11 is 5.27. The fourth-order valence-corrected chi connectivity index (χ4v) is 9.90. The molecule has 3 rings (SSSR count). The Hall–Kier alpha value is 0.580. The van der Waals surface area contributed by atoms with Gasteiger partial charge in [0.05, 0.1) is 0 Å². The van der Waals surface area contributed by atoms with Gasteiger partial charge in [-0.05, 0) is 0 Å². The van der Waals surface area contributed by atoms with E-state index in [1.54, 1.807) is 0 Å². The fraction of sp³-hybridized carbons (Fsp3) is 0.308. The van der Waals surface area contributed by atoms with E-state index in [4.69, 9.17) is 0 Å². The van der Waals surface area contributed by atoms with Gasteiger partial charge >= 0.3 is 233 Å². The Morgan fingerprint density at radius 3 is 1.10 bits per heavy atom. The van der Waals surface area contributed by atoms with Crippen LogP contribution in [0.5, 0.6) is 0 Å². The van der Waals surface area contributed by atoms with Gasteiger partial charge in [-0.25, -0.2) is 0 Å². The van der Waals surface area contributed by atoms with E-state index in [0.29, 0.717) is 0 Å². The van der Waals surface area contributed by atoms with Crippen molar-refractivity contribution in [1.82, 2.24) is 0 Å². The van der Waals surface area contributed by atoms with Gasteiger partial charge in [-0.2, -0.15) is 0 Å². The number of halogens is 4. The minimum atomic E-state index is -0.00496. The standard InChI is InChI=1S/C26H28I4/c1-25(2,19-11-13-23(29-5)21(27)15-19)17-7-9-18(10-8-17)26(3,4)20-12-14-24(30-6)22(28)16-20/h7-16H,1-6H3/q-2. The van der Waals surface area contributed by atoms with Crippen molar-refractivity contribution in [3.63, 3.8) is 0 Å². The normalized spacial score (nSPS) is 12.5. The van der Waals surface area contributed by atoms with E-state index in [-0.39, 0.29) is 53.2 Å². The van der Waals surface area contributed by atoms with Gasteiger partial charge in [0.2, 0.25) is 0 Å². The molecule has 0 aromatic heterocycles. The summed E-state index contributed by atoms with van der Waals surface area (Å²) < 4.78 is 5.91. The average molecular weight is 848 g/mol. The van der Waals surface area contributed by atoms with Crippen LogP contribution < -0.4 is 42.4 Å². The fourth-order valence-electron chi connectivity index (χ4n) is 3.71. The first-order chi connectivity index (χ1) is 14.1. The molecule has 0 aliphatic rings. The summed E-state index contributed by atoms with van der Waals surface area (Å²) in [5.41, 5.74) is 5.53. The average Bonchev–Trinajstić information content (AvgIpc) is 2.73. The van der Waals surface area contributed by atoms with Crippen LogP contribution in [0.4, 0.5) is 0 Å². The van der Waals surface area contributed by atoms with Crippen molar-refractivity contribution >= 4 is 45.2 Å². The molecule has 0 aliphatic carbocycles. The molecule has 0 unspecified atom stereocenters. The molecule has 0 aliphatic heterocycles. The van der Waals surface area contributed by atoms with Gasteiger partial charge in [0, 0.05) is 0 Å². The second kappa shape index (κ2) is 10.2. The molecule has 0 saturated heterocycles. The molecule has 0 fully saturated rings. The third kappa shape index (κ3) is 5.21. The predicted octanol–water partition coefficient (Wildman–Crippen LogP) is 1.32. The minimum absolute atomic E-state index is 0.00496. The van der Waals surface area contributed by atoms with Gasteiger partial charge in [-0.15, -0.1) is 0 Å². The third-order valence-corrected chi connectivity index (χ3v) is 14.1. The Kier molecular flexibility index (Phi) is 8.60. The van der Waals surface area contributed by atoms with Gasteiger partial charge in [0.25, 0.3) is 0 Å². The Morgan fingerprint density at radius 2 is 0.833 bits per heavy atom. The monoisotopic (exact) mass is 848 g/mol. The topological polar surface area (TPSA) is 0 Å². The number of hydrogen-bond acceptors (Lipinski definition) is 0.